The van der Waals surface area contributed by atoms with Crippen LogP contribution in [0.5, 0.6) is 0 Å². The number of ether oxygens (including phenoxy) is 1. The second-order valence-electron chi connectivity index (χ2n) is 4.05. The Labute approximate surface area is 93.0 Å². The number of hydrogen-bond acceptors (Lipinski definition) is 3. The van der Waals surface area contributed by atoms with E-state index >= 15 is 0 Å². The number of halogens is 1. The molecule has 3 nitrogen and oxygen atoms in total. The van der Waals surface area contributed by atoms with Gasteiger partial charge >= 0.3 is 5.97 Å². The summed E-state index contributed by atoms with van der Waals surface area (Å²) in [5, 5.41) is 0. The molecule has 2 heterocycles. The van der Waals surface area contributed by atoms with Crippen molar-refractivity contribution >= 4 is 5.97 Å². The molecule has 1 unspecified atom stereocenters. The van der Waals surface area contributed by atoms with Crippen LogP contribution in [0.4, 0.5) is 4.39 Å². The van der Waals surface area contributed by atoms with Crippen molar-refractivity contribution in [3.63, 3.8) is 0 Å². The molecule has 0 spiro atoms. The first-order valence-corrected chi connectivity index (χ1v) is 5.10. The van der Waals surface area contributed by atoms with Gasteiger partial charge in [0.1, 0.15) is 5.60 Å². The first-order valence-electron chi connectivity index (χ1n) is 5.10. The molecule has 0 fully saturated rings. The number of nitrogens with zero attached hydrogens (tertiary/aromatic N) is 1. The lowest BCUT2D eigenvalue weighted by molar-refractivity contribution is -0.144. The van der Waals surface area contributed by atoms with E-state index in [9.17, 15) is 9.18 Å². The van der Waals surface area contributed by atoms with Gasteiger partial charge in [-0.2, -0.15) is 4.39 Å². The minimum Gasteiger partial charge on any atom is -0.452 e. The van der Waals surface area contributed by atoms with E-state index in [1.165, 1.54) is 18.3 Å². The molecule has 1 atom stereocenters. The standard InChI is InChI=1S/C12H12FNO2/c1-12(6-3-11(15)16-12)5-2-9-4-7-14-10(13)8-9/h3-4,6-8H,2,5H2,1H3. The average Bonchev–Trinajstić information content (AvgIpc) is 2.57. The van der Waals surface area contributed by atoms with Crippen LogP contribution in [0.15, 0.2) is 30.5 Å². The largest absolute Gasteiger partial charge is 0.452 e. The van der Waals surface area contributed by atoms with Crippen molar-refractivity contribution in [2.45, 2.75) is 25.4 Å². The van der Waals surface area contributed by atoms with Crippen molar-refractivity contribution < 1.29 is 13.9 Å². The summed E-state index contributed by atoms with van der Waals surface area (Å²) in [4.78, 5) is 14.4. The van der Waals surface area contributed by atoms with E-state index in [1.54, 1.807) is 12.1 Å². The fourth-order valence-corrected chi connectivity index (χ4v) is 1.67. The SMILES string of the molecule is CC1(CCc2ccnc(F)c2)C=CC(=O)O1. The highest BCUT2D eigenvalue weighted by molar-refractivity contribution is 5.85. The van der Waals surface area contributed by atoms with Crippen LogP contribution in [0, 0.1) is 5.95 Å². The van der Waals surface area contributed by atoms with Crippen molar-refractivity contribution in [2.24, 2.45) is 0 Å². The molecule has 4 heteroatoms. The van der Waals surface area contributed by atoms with Gasteiger partial charge in [0.2, 0.25) is 5.95 Å². The van der Waals surface area contributed by atoms with Crippen LogP contribution in [0.2, 0.25) is 0 Å². The molecule has 16 heavy (non-hydrogen) atoms. The molecule has 0 amide bonds. The summed E-state index contributed by atoms with van der Waals surface area (Å²) in [5.74, 6) is -0.801. The van der Waals surface area contributed by atoms with E-state index in [0.717, 1.165) is 5.56 Å². The molecule has 1 aromatic rings. The van der Waals surface area contributed by atoms with Gasteiger partial charge in [-0.1, -0.05) is 0 Å². The molecule has 1 aliphatic rings. The monoisotopic (exact) mass is 221 g/mol. The van der Waals surface area contributed by atoms with Crippen molar-refractivity contribution in [2.75, 3.05) is 0 Å². The summed E-state index contributed by atoms with van der Waals surface area (Å²) in [6.07, 6.45) is 5.88. The second-order valence-corrected chi connectivity index (χ2v) is 4.05. The highest BCUT2D eigenvalue weighted by Gasteiger charge is 2.29. The number of esters is 1. The summed E-state index contributed by atoms with van der Waals surface area (Å²) in [6.45, 7) is 1.84. The number of cyclic esters (lactones) is 1. The Kier molecular flexibility index (Phi) is 2.73. The van der Waals surface area contributed by atoms with Crippen LogP contribution in [-0.4, -0.2) is 16.6 Å². The minimum atomic E-state index is -0.559. The Bertz CT molecular complexity index is 444. The van der Waals surface area contributed by atoms with Crippen molar-refractivity contribution in [1.29, 1.82) is 0 Å². The van der Waals surface area contributed by atoms with Gasteiger partial charge in [0.25, 0.3) is 0 Å². The van der Waals surface area contributed by atoms with Gasteiger partial charge in [-0.3, -0.25) is 0 Å². The van der Waals surface area contributed by atoms with Crippen molar-refractivity contribution in [3.8, 4) is 0 Å². The van der Waals surface area contributed by atoms with Gasteiger partial charge in [0, 0.05) is 12.3 Å². The number of carbonyl (C=O) groups excluding carboxylic acids is 1. The number of pyridine rings is 1. The van der Waals surface area contributed by atoms with Crippen LogP contribution >= 0.6 is 0 Å². The molecular weight excluding hydrogens is 209 g/mol. The van der Waals surface area contributed by atoms with Crippen LogP contribution in [0.25, 0.3) is 0 Å². The molecule has 2 rings (SSSR count). The van der Waals surface area contributed by atoms with E-state index in [4.69, 9.17) is 4.74 Å². The zero-order chi connectivity index (χ0) is 11.6. The van der Waals surface area contributed by atoms with Crippen LogP contribution in [0.3, 0.4) is 0 Å². The number of carbonyl (C=O) groups is 1. The van der Waals surface area contributed by atoms with Crippen LogP contribution in [-0.2, 0) is 16.0 Å². The van der Waals surface area contributed by atoms with E-state index in [0.29, 0.717) is 12.8 Å². The van der Waals surface area contributed by atoms with E-state index in [1.807, 2.05) is 6.92 Å². The number of aryl methyl sites for hydroxylation is 1. The van der Waals surface area contributed by atoms with Gasteiger partial charge in [0.05, 0.1) is 0 Å². The molecule has 1 aliphatic heterocycles. The smallest absolute Gasteiger partial charge is 0.331 e. The second kappa shape index (κ2) is 4.04. The highest BCUT2D eigenvalue weighted by atomic mass is 19.1. The molecule has 0 N–H and O–H groups in total. The summed E-state index contributed by atoms with van der Waals surface area (Å²) in [5.41, 5.74) is 0.293. The fourth-order valence-electron chi connectivity index (χ4n) is 1.67. The van der Waals surface area contributed by atoms with Crippen molar-refractivity contribution in [1.82, 2.24) is 4.98 Å². The molecule has 0 saturated carbocycles. The van der Waals surface area contributed by atoms with Gasteiger partial charge in [-0.25, -0.2) is 9.78 Å². The first-order chi connectivity index (χ1) is 7.57. The molecule has 0 aromatic carbocycles. The molecule has 84 valence electrons. The summed E-state index contributed by atoms with van der Waals surface area (Å²) in [6, 6.07) is 3.15. The van der Waals surface area contributed by atoms with Gasteiger partial charge in [-0.15, -0.1) is 0 Å². The predicted molar refractivity (Wildman–Crippen MR) is 56.2 cm³/mol. The maximum Gasteiger partial charge on any atom is 0.331 e. The first kappa shape index (κ1) is 10.8. The normalized spacial score (nSPS) is 23.5. The maximum absolute atomic E-state index is 12.8. The molecular formula is C12H12FNO2. The topological polar surface area (TPSA) is 39.2 Å². The quantitative estimate of drug-likeness (QED) is 0.579. The molecule has 0 saturated heterocycles. The zero-order valence-electron chi connectivity index (χ0n) is 8.94. The van der Waals surface area contributed by atoms with Crippen LogP contribution < -0.4 is 0 Å². The molecule has 1 aromatic heterocycles. The Morgan fingerprint density at radius 3 is 3.00 bits per heavy atom. The lowest BCUT2D eigenvalue weighted by Crippen LogP contribution is -2.24. The number of hydrogen-bond donors (Lipinski definition) is 0. The Morgan fingerprint density at radius 1 is 1.56 bits per heavy atom. The third-order valence-corrected chi connectivity index (χ3v) is 2.61. The third-order valence-electron chi connectivity index (χ3n) is 2.61. The average molecular weight is 221 g/mol. The third kappa shape index (κ3) is 2.45. The lowest BCUT2D eigenvalue weighted by Gasteiger charge is -2.21. The van der Waals surface area contributed by atoms with Crippen LogP contribution in [0.1, 0.15) is 18.9 Å². The van der Waals surface area contributed by atoms with Crippen molar-refractivity contribution in [3.05, 3.63) is 42.0 Å². The maximum atomic E-state index is 12.8. The summed E-state index contributed by atoms with van der Waals surface area (Å²) >= 11 is 0. The van der Waals surface area contributed by atoms with Gasteiger partial charge < -0.3 is 4.74 Å². The van der Waals surface area contributed by atoms with E-state index in [-0.39, 0.29) is 5.97 Å². The van der Waals surface area contributed by atoms with Gasteiger partial charge in [0.15, 0.2) is 0 Å². The molecule has 0 bridgehead atoms. The highest BCUT2D eigenvalue weighted by Crippen LogP contribution is 2.25. The fraction of sp³-hybridized carbons (Fsp3) is 0.333. The lowest BCUT2D eigenvalue weighted by atomic mass is 9.97. The predicted octanol–water partition coefficient (Wildman–Crippen LogP) is 2.02. The minimum absolute atomic E-state index is 0.316. The van der Waals surface area contributed by atoms with Gasteiger partial charge in [-0.05, 0) is 43.5 Å². The molecule has 0 radical (unpaired) electrons. The Morgan fingerprint density at radius 2 is 2.38 bits per heavy atom. The Balaban J connectivity index is 1.98. The Hall–Kier alpha value is -1.71. The number of rotatable bonds is 3. The number of aromatic nitrogens is 1. The van der Waals surface area contributed by atoms with E-state index < -0.39 is 11.5 Å². The summed E-state index contributed by atoms with van der Waals surface area (Å²) in [7, 11) is 0. The summed E-state index contributed by atoms with van der Waals surface area (Å²) < 4.78 is 18.0. The molecule has 0 aliphatic carbocycles. The van der Waals surface area contributed by atoms with E-state index in [2.05, 4.69) is 4.98 Å². The zero-order valence-corrected chi connectivity index (χ0v) is 8.94.